The summed E-state index contributed by atoms with van der Waals surface area (Å²) in [5.74, 6) is 0.241. The van der Waals surface area contributed by atoms with Gasteiger partial charge in [-0.15, -0.1) is 0 Å². The highest BCUT2D eigenvalue weighted by Crippen LogP contribution is 2.33. The summed E-state index contributed by atoms with van der Waals surface area (Å²) in [4.78, 5) is 13.4. The molecular formula is C11H12Cl2N2O2. The zero-order valence-electron chi connectivity index (χ0n) is 9.08. The molecule has 1 aliphatic rings. The molecule has 0 unspecified atom stereocenters. The lowest BCUT2D eigenvalue weighted by molar-refractivity contribution is 0.163. The molecule has 1 aliphatic heterocycles. The van der Waals surface area contributed by atoms with E-state index in [-0.39, 0.29) is 10.8 Å². The maximum Gasteiger partial charge on any atom is 0.415 e. The Morgan fingerprint density at radius 3 is 2.53 bits per heavy atom. The predicted molar refractivity (Wildman–Crippen MR) is 67.7 cm³/mol. The van der Waals surface area contributed by atoms with Crippen LogP contribution in [0.2, 0.25) is 10.0 Å². The molecule has 2 rings (SSSR count). The first kappa shape index (κ1) is 12.3. The molecule has 0 saturated carbocycles. The van der Waals surface area contributed by atoms with Gasteiger partial charge in [-0.3, -0.25) is 0 Å². The molecule has 1 fully saturated rings. The molecule has 2 N–H and O–H groups in total. The van der Waals surface area contributed by atoms with E-state index in [0.717, 1.165) is 25.9 Å². The molecule has 0 radical (unpaired) electrons. The van der Waals surface area contributed by atoms with E-state index in [2.05, 4.69) is 0 Å². The minimum Gasteiger partial charge on any atom is -0.409 e. The number of benzene rings is 1. The Hall–Kier alpha value is -1.13. The molecular weight excluding hydrogens is 263 g/mol. The van der Waals surface area contributed by atoms with Crippen molar-refractivity contribution in [2.45, 2.75) is 12.8 Å². The number of amides is 1. The Morgan fingerprint density at radius 1 is 1.24 bits per heavy atom. The largest absolute Gasteiger partial charge is 0.415 e. The van der Waals surface area contributed by atoms with Crippen LogP contribution in [-0.2, 0) is 0 Å². The van der Waals surface area contributed by atoms with Crippen molar-refractivity contribution in [3.8, 4) is 5.75 Å². The number of halogens is 2. The second kappa shape index (κ2) is 5.02. The number of hydrogen-bond acceptors (Lipinski definition) is 3. The van der Waals surface area contributed by atoms with Crippen LogP contribution in [0.5, 0.6) is 5.75 Å². The first-order chi connectivity index (χ1) is 8.08. The van der Waals surface area contributed by atoms with Gasteiger partial charge in [-0.25, -0.2) is 4.79 Å². The first-order valence-electron chi connectivity index (χ1n) is 5.29. The fourth-order valence-corrected chi connectivity index (χ4v) is 2.10. The van der Waals surface area contributed by atoms with Gasteiger partial charge in [-0.2, -0.15) is 0 Å². The van der Waals surface area contributed by atoms with E-state index in [1.807, 2.05) is 0 Å². The second-order valence-electron chi connectivity index (χ2n) is 3.87. The average molecular weight is 275 g/mol. The zero-order valence-corrected chi connectivity index (χ0v) is 10.6. The number of carbonyl (C=O) groups is 1. The minimum absolute atomic E-state index is 0.241. The summed E-state index contributed by atoms with van der Waals surface area (Å²) in [5.41, 5.74) is 5.96. The third-order valence-corrected chi connectivity index (χ3v) is 3.24. The van der Waals surface area contributed by atoms with Crippen molar-refractivity contribution in [1.82, 2.24) is 4.90 Å². The normalized spacial score (nSPS) is 15.1. The van der Waals surface area contributed by atoms with E-state index in [9.17, 15) is 4.79 Å². The lowest BCUT2D eigenvalue weighted by Crippen LogP contribution is -2.30. The van der Waals surface area contributed by atoms with Crippen molar-refractivity contribution >= 4 is 35.0 Å². The summed E-state index contributed by atoms with van der Waals surface area (Å²) < 4.78 is 5.18. The van der Waals surface area contributed by atoms with Crippen molar-refractivity contribution in [3.05, 3.63) is 22.2 Å². The number of hydrogen-bond donors (Lipinski definition) is 1. The van der Waals surface area contributed by atoms with Crippen LogP contribution >= 0.6 is 23.2 Å². The number of anilines is 1. The van der Waals surface area contributed by atoms with Crippen LogP contribution in [0, 0.1) is 0 Å². The molecule has 92 valence electrons. The highest BCUT2D eigenvalue weighted by atomic mass is 35.5. The van der Waals surface area contributed by atoms with Gasteiger partial charge in [-0.1, -0.05) is 23.2 Å². The Labute approximate surface area is 109 Å². The predicted octanol–water partition coefficient (Wildman–Crippen LogP) is 3.17. The van der Waals surface area contributed by atoms with E-state index < -0.39 is 6.09 Å². The number of likely N-dealkylation sites (tertiary alicyclic amines) is 1. The lowest BCUT2D eigenvalue weighted by atomic mass is 10.3. The molecule has 1 saturated heterocycles. The van der Waals surface area contributed by atoms with Gasteiger partial charge in [0.1, 0.15) is 0 Å². The van der Waals surface area contributed by atoms with E-state index in [4.69, 9.17) is 33.7 Å². The van der Waals surface area contributed by atoms with Crippen LogP contribution in [0.25, 0.3) is 0 Å². The van der Waals surface area contributed by atoms with Gasteiger partial charge in [0.15, 0.2) is 5.75 Å². The molecule has 6 heteroatoms. The Bertz CT molecular complexity index is 445. The quantitative estimate of drug-likeness (QED) is 0.801. The molecule has 0 spiro atoms. The number of carbonyl (C=O) groups excluding carboxylic acids is 1. The molecule has 1 amide bonds. The van der Waals surface area contributed by atoms with Gasteiger partial charge in [0, 0.05) is 19.2 Å². The molecule has 1 aromatic rings. The topological polar surface area (TPSA) is 55.6 Å². The summed E-state index contributed by atoms with van der Waals surface area (Å²) in [6.07, 6.45) is 1.61. The molecule has 0 aliphatic carbocycles. The van der Waals surface area contributed by atoms with Crippen molar-refractivity contribution in [3.63, 3.8) is 0 Å². The van der Waals surface area contributed by atoms with Gasteiger partial charge < -0.3 is 15.4 Å². The summed E-state index contributed by atoms with van der Waals surface area (Å²) in [7, 11) is 0. The summed E-state index contributed by atoms with van der Waals surface area (Å²) in [5, 5.41) is 0.618. The summed E-state index contributed by atoms with van der Waals surface area (Å²) >= 11 is 11.7. The molecule has 4 nitrogen and oxygen atoms in total. The highest BCUT2D eigenvalue weighted by Gasteiger charge is 2.21. The van der Waals surface area contributed by atoms with E-state index in [0.29, 0.717) is 10.7 Å². The fraction of sp³-hybridized carbons (Fsp3) is 0.364. The van der Waals surface area contributed by atoms with Gasteiger partial charge in [0.25, 0.3) is 0 Å². The molecule has 0 aromatic heterocycles. The maximum atomic E-state index is 11.7. The van der Waals surface area contributed by atoms with Gasteiger partial charge >= 0.3 is 6.09 Å². The van der Waals surface area contributed by atoms with Crippen LogP contribution in [0.3, 0.4) is 0 Å². The molecule has 0 atom stereocenters. The van der Waals surface area contributed by atoms with E-state index in [1.54, 1.807) is 4.90 Å². The second-order valence-corrected chi connectivity index (χ2v) is 4.68. The van der Waals surface area contributed by atoms with Crippen LogP contribution in [0.15, 0.2) is 12.1 Å². The van der Waals surface area contributed by atoms with Crippen molar-refractivity contribution in [2.24, 2.45) is 0 Å². The van der Waals surface area contributed by atoms with Gasteiger partial charge in [-0.05, 0) is 18.9 Å². The minimum atomic E-state index is -0.397. The molecule has 17 heavy (non-hydrogen) atoms. The molecule has 0 bridgehead atoms. The SMILES string of the molecule is Nc1cc(OC(=O)N2CCCC2)c(Cl)cc1Cl. The lowest BCUT2D eigenvalue weighted by Gasteiger charge is -2.15. The summed E-state index contributed by atoms with van der Waals surface area (Å²) in [6.45, 7) is 1.44. The third-order valence-electron chi connectivity index (χ3n) is 2.61. The zero-order chi connectivity index (χ0) is 12.4. The van der Waals surface area contributed by atoms with Crippen LogP contribution in [0.1, 0.15) is 12.8 Å². The monoisotopic (exact) mass is 274 g/mol. The average Bonchev–Trinajstić information content (AvgIpc) is 2.79. The van der Waals surface area contributed by atoms with Gasteiger partial charge in [0.2, 0.25) is 0 Å². The number of nitrogens with zero attached hydrogens (tertiary/aromatic N) is 1. The third kappa shape index (κ3) is 2.76. The Balaban J connectivity index is 2.12. The van der Waals surface area contributed by atoms with Crippen molar-refractivity contribution in [2.75, 3.05) is 18.8 Å². The number of rotatable bonds is 1. The smallest absolute Gasteiger partial charge is 0.409 e. The number of nitrogens with two attached hydrogens (primary N) is 1. The fourth-order valence-electron chi connectivity index (χ4n) is 1.68. The summed E-state index contributed by atoms with van der Waals surface area (Å²) in [6, 6.07) is 2.92. The highest BCUT2D eigenvalue weighted by molar-refractivity contribution is 6.37. The Morgan fingerprint density at radius 2 is 1.88 bits per heavy atom. The van der Waals surface area contributed by atoms with Crippen molar-refractivity contribution in [1.29, 1.82) is 0 Å². The number of ether oxygens (including phenoxy) is 1. The van der Waals surface area contributed by atoms with Gasteiger partial charge in [0.05, 0.1) is 15.7 Å². The number of nitrogen functional groups attached to an aromatic ring is 1. The standard InChI is InChI=1S/C11H12Cl2N2O2/c12-7-5-8(13)10(6-9(7)14)17-11(16)15-3-1-2-4-15/h5-6H,1-4,14H2. The van der Waals surface area contributed by atoms with Crippen LogP contribution in [-0.4, -0.2) is 24.1 Å². The van der Waals surface area contributed by atoms with Crippen LogP contribution < -0.4 is 10.5 Å². The molecule has 1 aromatic carbocycles. The Kier molecular flexibility index (Phi) is 3.64. The van der Waals surface area contributed by atoms with E-state index in [1.165, 1.54) is 12.1 Å². The first-order valence-corrected chi connectivity index (χ1v) is 6.05. The van der Waals surface area contributed by atoms with E-state index >= 15 is 0 Å². The molecule has 1 heterocycles. The van der Waals surface area contributed by atoms with Crippen molar-refractivity contribution < 1.29 is 9.53 Å². The van der Waals surface area contributed by atoms with Crippen LogP contribution in [0.4, 0.5) is 10.5 Å². The maximum absolute atomic E-state index is 11.7.